The molecule has 0 bridgehead atoms. The number of benzene rings is 1. The molecule has 1 unspecified atom stereocenters. The second kappa shape index (κ2) is 8.29. The minimum Gasteiger partial charge on any atom is -0.396 e. The Morgan fingerprint density at radius 2 is 1.97 bits per heavy atom. The fourth-order valence-electron chi connectivity index (χ4n) is 4.25. The Hall–Kier alpha value is -1.96. The molecule has 2 fully saturated rings. The van der Waals surface area contributed by atoms with Crippen molar-refractivity contribution in [1.29, 1.82) is 0 Å². The van der Waals surface area contributed by atoms with E-state index in [-0.39, 0.29) is 12.6 Å². The maximum atomic E-state index is 9.60. The summed E-state index contributed by atoms with van der Waals surface area (Å²) in [5.74, 6) is 2.77. The van der Waals surface area contributed by atoms with Crippen molar-refractivity contribution >= 4 is 44.9 Å². The molecule has 3 N–H and O–H groups in total. The van der Waals surface area contributed by atoms with Gasteiger partial charge in [0.15, 0.2) is 0 Å². The third-order valence-corrected chi connectivity index (χ3v) is 7.51. The van der Waals surface area contributed by atoms with E-state index in [0.717, 1.165) is 46.0 Å². The molecule has 3 atom stereocenters. The molecule has 5 rings (SSSR count). The third kappa shape index (κ3) is 4.11. The highest BCUT2D eigenvalue weighted by molar-refractivity contribution is 7.21. The van der Waals surface area contributed by atoms with Gasteiger partial charge in [-0.15, -0.1) is 11.3 Å². The van der Waals surface area contributed by atoms with E-state index in [9.17, 15) is 5.11 Å². The van der Waals surface area contributed by atoms with E-state index in [4.69, 9.17) is 21.6 Å². The van der Waals surface area contributed by atoms with Gasteiger partial charge in [-0.3, -0.25) is 0 Å². The van der Waals surface area contributed by atoms with Crippen molar-refractivity contribution in [2.45, 2.75) is 38.6 Å². The lowest BCUT2D eigenvalue weighted by atomic mass is 10.1. The van der Waals surface area contributed by atoms with Gasteiger partial charge in [0.2, 0.25) is 5.95 Å². The zero-order valence-corrected chi connectivity index (χ0v) is 18.5. The van der Waals surface area contributed by atoms with Gasteiger partial charge in [-0.2, -0.15) is 4.98 Å². The molecule has 0 aliphatic heterocycles. The first-order chi connectivity index (χ1) is 14.6. The Morgan fingerprint density at radius 1 is 1.13 bits per heavy atom. The summed E-state index contributed by atoms with van der Waals surface area (Å²) >= 11 is 8.30. The number of nitrogens with zero attached hydrogens (tertiary/aromatic N) is 3. The Bertz CT molecular complexity index is 1020. The SMILES string of the molecule is CC1C[C@@H](CO)C[C@H]1Nc1nc(NCC2CC2)nc(Cl)c1-c1nc2ccccc2s1. The van der Waals surface area contributed by atoms with E-state index in [1.54, 1.807) is 11.3 Å². The fourth-order valence-corrected chi connectivity index (χ4v) is 5.57. The van der Waals surface area contributed by atoms with Crippen molar-refractivity contribution in [2.24, 2.45) is 17.8 Å². The van der Waals surface area contributed by atoms with E-state index in [2.05, 4.69) is 28.6 Å². The monoisotopic (exact) mass is 443 g/mol. The van der Waals surface area contributed by atoms with Crippen LogP contribution < -0.4 is 10.6 Å². The van der Waals surface area contributed by atoms with E-state index >= 15 is 0 Å². The minimum atomic E-state index is 0.228. The summed E-state index contributed by atoms with van der Waals surface area (Å²) in [5.41, 5.74) is 1.71. The molecule has 3 aromatic rings. The number of rotatable bonds is 7. The topological polar surface area (TPSA) is 83.0 Å². The number of halogens is 1. The second-order valence-electron chi connectivity index (χ2n) is 8.62. The van der Waals surface area contributed by atoms with E-state index in [0.29, 0.717) is 28.9 Å². The van der Waals surface area contributed by atoms with E-state index in [1.807, 2.05) is 18.2 Å². The summed E-state index contributed by atoms with van der Waals surface area (Å²) < 4.78 is 1.11. The molecule has 2 saturated carbocycles. The van der Waals surface area contributed by atoms with Crippen LogP contribution in [0.15, 0.2) is 24.3 Å². The molecular formula is C22H26ClN5OS. The molecule has 0 amide bonds. The molecule has 2 heterocycles. The Balaban J connectivity index is 1.52. The summed E-state index contributed by atoms with van der Waals surface area (Å²) in [6, 6.07) is 8.31. The molecule has 158 valence electrons. The first kappa shape index (κ1) is 20.0. The van der Waals surface area contributed by atoms with Crippen LogP contribution in [0.3, 0.4) is 0 Å². The smallest absolute Gasteiger partial charge is 0.226 e. The van der Waals surface area contributed by atoms with Gasteiger partial charge in [-0.1, -0.05) is 30.7 Å². The maximum Gasteiger partial charge on any atom is 0.226 e. The normalized spacial score (nSPS) is 23.8. The van der Waals surface area contributed by atoms with Crippen molar-refractivity contribution in [2.75, 3.05) is 23.8 Å². The number of hydrogen-bond acceptors (Lipinski definition) is 7. The van der Waals surface area contributed by atoms with E-state index in [1.165, 1.54) is 12.8 Å². The Labute approximate surface area is 185 Å². The lowest BCUT2D eigenvalue weighted by Crippen LogP contribution is -2.24. The molecule has 2 aromatic heterocycles. The molecular weight excluding hydrogens is 418 g/mol. The zero-order chi connectivity index (χ0) is 20.7. The van der Waals surface area contributed by atoms with Crippen molar-refractivity contribution in [3.05, 3.63) is 29.4 Å². The van der Waals surface area contributed by atoms with Crippen LogP contribution in [0.25, 0.3) is 20.8 Å². The molecule has 0 spiro atoms. The number of thiazole rings is 1. The molecule has 2 aliphatic rings. The van der Waals surface area contributed by atoms with Crippen LogP contribution in [0.4, 0.5) is 11.8 Å². The predicted octanol–water partition coefficient (Wildman–Crippen LogP) is 5.05. The Kier molecular flexibility index (Phi) is 5.52. The highest BCUT2D eigenvalue weighted by Gasteiger charge is 2.32. The minimum absolute atomic E-state index is 0.228. The number of aliphatic hydroxyl groups is 1. The summed E-state index contributed by atoms with van der Waals surface area (Å²) in [6.45, 7) is 3.33. The highest BCUT2D eigenvalue weighted by Crippen LogP contribution is 2.41. The van der Waals surface area contributed by atoms with Gasteiger partial charge in [-0.05, 0) is 55.6 Å². The average molecular weight is 444 g/mol. The lowest BCUT2D eigenvalue weighted by Gasteiger charge is -2.20. The van der Waals surface area contributed by atoms with Crippen molar-refractivity contribution in [3.63, 3.8) is 0 Å². The first-order valence-electron chi connectivity index (χ1n) is 10.7. The standard InChI is InChI=1S/C22H26ClN5OS/c1-12-8-14(11-29)9-16(12)25-20-18(21-26-15-4-2-3-5-17(15)30-21)19(23)27-22(28-20)24-10-13-6-7-13/h2-5,12-14,16,29H,6-11H2,1H3,(H2,24,25,27,28)/t12?,14-,16-/m1/s1. The van der Waals surface area contributed by atoms with Crippen LogP contribution in [-0.2, 0) is 0 Å². The van der Waals surface area contributed by atoms with Crippen LogP contribution >= 0.6 is 22.9 Å². The van der Waals surface area contributed by atoms with Crippen LogP contribution in [0.1, 0.15) is 32.6 Å². The average Bonchev–Trinajstić information content (AvgIpc) is 3.36. The van der Waals surface area contributed by atoms with Crippen molar-refractivity contribution in [1.82, 2.24) is 15.0 Å². The highest BCUT2D eigenvalue weighted by atomic mass is 35.5. The number of aliphatic hydroxyl groups excluding tert-OH is 1. The lowest BCUT2D eigenvalue weighted by molar-refractivity contribution is 0.226. The van der Waals surface area contributed by atoms with Gasteiger partial charge in [0.1, 0.15) is 16.0 Å². The summed E-state index contributed by atoms with van der Waals surface area (Å²) in [6.07, 6.45) is 4.45. The maximum absolute atomic E-state index is 9.60. The van der Waals surface area contributed by atoms with Crippen LogP contribution in [-0.4, -0.2) is 39.3 Å². The zero-order valence-electron chi connectivity index (χ0n) is 16.9. The number of fused-ring (bicyclic) bond motifs is 1. The van der Waals surface area contributed by atoms with Crippen molar-refractivity contribution in [3.8, 4) is 10.6 Å². The predicted molar refractivity (Wildman–Crippen MR) is 123 cm³/mol. The van der Waals surface area contributed by atoms with E-state index < -0.39 is 0 Å². The van der Waals surface area contributed by atoms with Gasteiger partial charge in [0, 0.05) is 19.2 Å². The van der Waals surface area contributed by atoms with Gasteiger partial charge < -0.3 is 15.7 Å². The van der Waals surface area contributed by atoms with Crippen LogP contribution in [0.2, 0.25) is 5.15 Å². The molecule has 2 aliphatic carbocycles. The number of aromatic nitrogens is 3. The summed E-state index contributed by atoms with van der Waals surface area (Å²) in [5, 5.41) is 17.8. The van der Waals surface area contributed by atoms with Gasteiger partial charge in [0.25, 0.3) is 0 Å². The van der Waals surface area contributed by atoms with Crippen LogP contribution in [0, 0.1) is 17.8 Å². The molecule has 0 radical (unpaired) electrons. The Morgan fingerprint density at radius 3 is 2.70 bits per heavy atom. The third-order valence-electron chi connectivity index (χ3n) is 6.18. The molecule has 1 aromatic carbocycles. The largest absolute Gasteiger partial charge is 0.396 e. The molecule has 30 heavy (non-hydrogen) atoms. The first-order valence-corrected chi connectivity index (χ1v) is 11.8. The summed E-state index contributed by atoms with van der Waals surface area (Å²) in [4.78, 5) is 14.1. The van der Waals surface area contributed by atoms with Gasteiger partial charge in [-0.25, -0.2) is 9.97 Å². The van der Waals surface area contributed by atoms with Gasteiger partial charge in [0.05, 0.1) is 15.8 Å². The summed E-state index contributed by atoms with van der Waals surface area (Å²) in [7, 11) is 0. The number of nitrogens with one attached hydrogen (secondary N) is 2. The van der Waals surface area contributed by atoms with Crippen LogP contribution in [0.5, 0.6) is 0 Å². The molecule has 8 heteroatoms. The number of para-hydroxylation sites is 1. The number of hydrogen-bond donors (Lipinski definition) is 3. The van der Waals surface area contributed by atoms with Gasteiger partial charge >= 0.3 is 0 Å². The molecule has 0 saturated heterocycles. The molecule has 6 nitrogen and oxygen atoms in total. The fraction of sp³-hybridized carbons (Fsp3) is 0.500. The number of anilines is 2. The van der Waals surface area contributed by atoms with Crippen molar-refractivity contribution < 1.29 is 5.11 Å². The second-order valence-corrected chi connectivity index (χ2v) is 10.0. The quantitative estimate of drug-likeness (QED) is 0.443.